The second kappa shape index (κ2) is 61.6. The number of nitrogens with one attached hydrogen (secondary N) is 1. The van der Waals surface area contributed by atoms with E-state index in [1.807, 2.05) is 6.08 Å². The smallest absolute Gasteiger partial charge is 0.305 e. The lowest BCUT2D eigenvalue weighted by molar-refractivity contribution is -0.143. The predicted molar refractivity (Wildman–Crippen MR) is 315 cm³/mol. The Hall–Kier alpha value is -1.92. The van der Waals surface area contributed by atoms with Gasteiger partial charge in [-0.25, -0.2) is 0 Å². The molecule has 0 fully saturated rings. The molecule has 0 aliphatic carbocycles. The standard InChI is InChI=1S/C66H125NO5/c1-3-5-7-9-11-13-15-16-17-18-27-31-34-37-40-44-48-52-56-60-66(71)72-61-57-53-49-45-41-38-35-32-29-26-24-22-20-19-21-23-25-28-30-33-36-39-43-47-51-55-59-65(70)67-63(62-68)64(69)58-54-50-46-42-14-12-10-8-6-4-2/h16-17,19,21,54,58,63-64,68-69H,3-15,18,20,22-53,55-57,59-62H2,1-2H3,(H,67,70)/b17-16-,21-19-,58-54+. The van der Waals surface area contributed by atoms with Gasteiger partial charge in [0.25, 0.3) is 0 Å². The minimum atomic E-state index is -0.844. The molecule has 0 saturated carbocycles. The topological polar surface area (TPSA) is 95.9 Å². The summed E-state index contributed by atoms with van der Waals surface area (Å²) in [6.07, 6.45) is 77.8. The van der Waals surface area contributed by atoms with Crippen LogP contribution in [0.2, 0.25) is 0 Å². The Balaban J connectivity index is 3.36. The molecule has 2 unspecified atom stereocenters. The molecule has 0 aromatic rings. The monoisotopic (exact) mass is 1010 g/mol. The fourth-order valence-electron chi connectivity index (χ4n) is 9.92. The molecule has 0 aliphatic rings. The number of esters is 1. The number of aliphatic hydroxyl groups excluding tert-OH is 2. The van der Waals surface area contributed by atoms with E-state index in [1.165, 1.54) is 276 Å². The first-order valence-corrected chi connectivity index (χ1v) is 32.3. The molecule has 3 N–H and O–H groups in total. The molecule has 0 bridgehead atoms. The van der Waals surface area contributed by atoms with Gasteiger partial charge in [0.15, 0.2) is 0 Å². The van der Waals surface area contributed by atoms with Crippen LogP contribution in [0.25, 0.3) is 0 Å². The summed E-state index contributed by atoms with van der Waals surface area (Å²) in [5.74, 6) is -0.0577. The number of ether oxygens (including phenoxy) is 1. The quantitative estimate of drug-likeness (QED) is 0.0320. The van der Waals surface area contributed by atoms with Gasteiger partial charge in [0.05, 0.1) is 25.4 Å². The third-order valence-electron chi connectivity index (χ3n) is 14.9. The zero-order chi connectivity index (χ0) is 52.2. The summed E-state index contributed by atoms with van der Waals surface area (Å²) in [4.78, 5) is 24.5. The van der Waals surface area contributed by atoms with Crippen molar-refractivity contribution in [1.82, 2.24) is 5.32 Å². The van der Waals surface area contributed by atoms with Crippen molar-refractivity contribution in [1.29, 1.82) is 0 Å². The Labute approximate surface area is 449 Å². The summed E-state index contributed by atoms with van der Waals surface area (Å²) < 4.78 is 5.50. The number of amides is 1. The van der Waals surface area contributed by atoms with Gasteiger partial charge in [-0.05, 0) is 83.5 Å². The average Bonchev–Trinajstić information content (AvgIpc) is 3.38. The van der Waals surface area contributed by atoms with E-state index >= 15 is 0 Å². The number of hydrogen-bond acceptors (Lipinski definition) is 5. The molecule has 0 saturated heterocycles. The van der Waals surface area contributed by atoms with Crippen molar-refractivity contribution >= 4 is 11.9 Å². The molecule has 424 valence electrons. The van der Waals surface area contributed by atoms with Crippen molar-refractivity contribution in [2.24, 2.45) is 0 Å². The van der Waals surface area contributed by atoms with E-state index in [1.54, 1.807) is 6.08 Å². The van der Waals surface area contributed by atoms with Gasteiger partial charge in [-0.1, -0.05) is 288 Å². The third-order valence-corrected chi connectivity index (χ3v) is 14.9. The molecule has 72 heavy (non-hydrogen) atoms. The van der Waals surface area contributed by atoms with Crippen LogP contribution in [-0.2, 0) is 14.3 Å². The van der Waals surface area contributed by atoms with Crippen LogP contribution in [0.3, 0.4) is 0 Å². The van der Waals surface area contributed by atoms with Crippen LogP contribution >= 0.6 is 0 Å². The van der Waals surface area contributed by atoms with Crippen molar-refractivity contribution in [3.05, 3.63) is 36.5 Å². The molecular weight excluding hydrogens is 887 g/mol. The molecule has 2 atom stereocenters. The minimum Gasteiger partial charge on any atom is -0.466 e. The Morgan fingerprint density at radius 3 is 0.986 bits per heavy atom. The summed E-state index contributed by atoms with van der Waals surface area (Å²) in [5.41, 5.74) is 0. The number of aliphatic hydroxyl groups is 2. The van der Waals surface area contributed by atoms with Crippen molar-refractivity contribution in [2.45, 2.75) is 360 Å². The van der Waals surface area contributed by atoms with Crippen LogP contribution in [0, 0.1) is 0 Å². The Bertz CT molecular complexity index is 1170. The number of carbonyl (C=O) groups is 2. The fourth-order valence-corrected chi connectivity index (χ4v) is 9.92. The zero-order valence-corrected chi connectivity index (χ0v) is 48.4. The molecule has 0 radical (unpaired) electrons. The Morgan fingerprint density at radius 1 is 0.375 bits per heavy atom. The lowest BCUT2D eigenvalue weighted by Crippen LogP contribution is -2.45. The maximum atomic E-state index is 12.4. The first-order valence-electron chi connectivity index (χ1n) is 32.3. The molecule has 0 aliphatic heterocycles. The van der Waals surface area contributed by atoms with Crippen LogP contribution in [0.15, 0.2) is 36.5 Å². The molecule has 6 heteroatoms. The highest BCUT2D eigenvalue weighted by Crippen LogP contribution is 2.17. The lowest BCUT2D eigenvalue weighted by Gasteiger charge is -2.20. The van der Waals surface area contributed by atoms with Gasteiger partial charge < -0.3 is 20.3 Å². The summed E-state index contributed by atoms with van der Waals surface area (Å²) in [6.45, 7) is 4.89. The van der Waals surface area contributed by atoms with E-state index in [0.717, 1.165) is 44.9 Å². The van der Waals surface area contributed by atoms with E-state index in [9.17, 15) is 19.8 Å². The molecular formula is C66H125NO5. The average molecular weight is 1010 g/mol. The van der Waals surface area contributed by atoms with Crippen molar-refractivity contribution in [3.8, 4) is 0 Å². The number of unbranched alkanes of at least 4 members (excludes halogenated alkanes) is 45. The third kappa shape index (κ3) is 57.4. The van der Waals surface area contributed by atoms with E-state index in [4.69, 9.17) is 4.74 Å². The van der Waals surface area contributed by atoms with Gasteiger partial charge in [-0.15, -0.1) is 0 Å². The second-order valence-electron chi connectivity index (χ2n) is 22.1. The summed E-state index contributed by atoms with van der Waals surface area (Å²) in [7, 11) is 0. The van der Waals surface area contributed by atoms with Crippen LogP contribution in [0.4, 0.5) is 0 Å². The molecule has 6 nitrogen and oxygen atoms in total. The fraction of sp³-hybridized carbons (Fsp3) is 0.879. The summed E-state index contributed by atoms with van der Waals surface area (Å²) in [6, 6.07) is -0.628. The van der Waals surface area contributed by atoms with Crippen molar-refractivity contribution in [3.63, 3.8) is 0 Å². The minimum absolute atomic E-state index is 0.0135. The maximum absolute atomic E-state index is 12.4. The maximum Gasteiger partial charge on any atom is 0.305 e. The number of allylic oxidation sites excluding steroid dienone is 5. The van der Waals surface area contributed by atoms with Crippen molar-refractivity contribution < 1.29 is 24.5 Å². The van der Waals surface area contributed by atoms with Gasteiger partial charge >= 0.3 is 5.97 Å². The van der Waals surface area contributed by atoms with Gasteiger partial charge in [0.1, 0.15) is 0 Å². The zero-order valence-electron chi connectivity index (χ0n) is 48.4. The predicted octanol–water partition coefficient (Wildman–Crippen LogP) is 20.4. The van der Waals surface area contributed by atoms with Crippen LogP contribution in [0.5, 0.6) is 0 Å². The van der Waals surface area contributed by atoms with Crippen LogP contribution < -0.4 is 5.32 Å². The Morgan fingerprint density at radius 2 is 0.653 bits per heavy atom. The van der Waals surface area contributed by atoms with E-state index in [-0.39, 0.29) is 18.5 Å². The van der Waals surface area contributed by atoms with Gasteiger partial charge in [0, 0.05) is 12.8 Å². The number of carbonyl (C=O) groups excluding carboxylic acids is 2. The molecule has 0 heterocycles. The first kappa shape index (κ1) is 70.1. The SMILES string of the molecule is CCCCCCCC/C=C\CCCCCCCCCCCC(=O)OCCCCCCCCCCCCCC/C=C\CCCCCCCCCCCCC(=O)NC(CO)C(O)/C=C/CCCCCCCCCC. The summed E-state index contributed by atoms with van der Waals surface area (Å²) in [5, 5.41) is 23.0. The highest BCUT2D eigenvalue weighted by Gasteiger charge is 2.18. The second-order valence-corrected chi connectivity index (χ2v) is 22.1. The number of hydrogen-bond donors (Lipinski definition) is 3. The number of rotatable bonds is 60. The molecule has 1 amide bonds. The van der Waals surface area contributed by atoms with Crippen LogP contribution in [-0.4, -0.2) is 47.4 Å². The molecule has 0 spiro atoms. The van der Waals surface area contributed by atoms with E-state index in [2.05, 4.69) is 43.5 Å². The summed E-state index contributed by atoms with van der Waals surface area (Å²) >= 11 is 0. The molecule has 0 aromatic heterocycles. The van der Waals surface area contributed by atoms with Gasteiger partial charge in [-0.2, -0.15) is 0 Å². The van der Waals surface area contributed by atoms with Crippen molar-refractivity contribution in [2.75, 3.05) is 13.2 Å². The highest BCUT2D eigenvalue weighted by atomic mass is 16.5. The van der Waals surface area contributed by atoms with Gasteiger partial charge in [-0.3, -0.25) is 9.59 Å². The van der Waals surface area contributed by atoms with Crippen LogP contribution in [0.1, 0.15) is 348 Å². The first-order chi connectivity index (χ1) is 35.5. The molecule has 0 aromatic carbocycles. The molecule has 0 rings (SSSR count). The Kier molecular flexibility index (Phi) is 60.0. The van der Waals surface area contributed by atoms with E-state index < -0.39 is 12.1 Å². The van der Waals surface area contributed by atoms with Gasteiger partial charge in [0.2, 0.25) is 5.91 Å². The highest BCUT2D eigenvalue weighted by molar-refractivity contribution is 5.76. The largest absolute Gasteiger partial charge is 0.466 e. The lowest BCUT2D eigenvalue weighted by atomic mass is 10.0. The normalized spacial score (nSPS) is 12.8. The van der Waals surface area contributed by atoms with E-state index in [0.29, 0.717) is 19.4 Å².